The highest BCUT2D eigenvalue weighted by Crippen LogP contribution is 2.25. The van der Waals surface area contributed by atoms with Crippen LogP contribution < -0.4 is 5.32 Å². The summed E-state index contributed by atoms with van der Waals surface area (Å²) in [5, 5.41) is 12.7. The fourth-order valence-corrected chi connectivity index (χ4v) is 4.25. The van der Waals surface area contributed by atoms with E-state index in [1.165, 1.54) is 23.6 Å². The van der Waals surface area contributed by atoms with Crippen LogP contribution in [0.4, 0.5) is 10.1 Å². The van der Waals surface area contributed by atoms with Gasteiger partial charge in [-0.25, -0.2) is 4.39 Å². The molecule has 2 nitrogen and oxygen atoms in total. The monoisotopic (exact) mass is 268 g/mol. The number of nitrogens with zero attached hydrogens (tertiary/aromatic N) is 1. The van der Waals surface area contributed by atoms with Crippen LogP contribution in [0.1, 0.15) is 5.56 Å². The molecule has 1 heterocycles. The quantitative estimate of drug-likeness (QED) is 0.914. The Balaban J connectivity index is 1.96. The Morgan fingerprint density at radius 2 is 2.35 bits per heavy atom. The standard InChI is InChI=1S/C12H13FN2S2/c13-10-1-2-12(9(5-10)6-14)15-7-11-8-16-3-4-17-11/h1-2,5,11,15H,3-4,7-8H2. The van der Waals surface area contributed by atoms with E-state index in [2.05, 4.69) is 5.32 Å². The lowest BCUT2D eigenvalue weighted by atomic mass is 10.2. The van der Waals surface area contributed by atoms with E-state index in [1.807, 2.05) is 29.6 Å². The predicted octanol–water partition coefficient (Wildman–Crippen LogP) is 2.96. The number of hydrogen-bond donors (Lipinski definition) is 1. The molecular formula is C12H13FN2S2. The maximum atomic E-state index is 12.9. The number of nitriles is 1. The zero-order valence-electron chi connectivity index (χ0n) is 9.28. The van der Waals surface area contributed by atoms with E-state index in [0.29, 0.717) is 10.8 Å². The lowest BCUT2D eigenvalue weighted by molar-refractivity contribution is 0.627. The Labute approximate surface area is 109 Å². The van der Waals surface area contributed by atoms with Crippen LogP contribution in [0.25, 0.3) is 0 Å². The van der Waals surface area contributed by atoms with Gasteiger partial charge in [-0.05, 0) is 18.2 Å². The minimum atomic E-state index is -0.366. The van der Waals surface area contributed by atoms with Crippen LogP contribution in [0.2, 0.25) is 0 Å². The fraction of sp³-hybridized carbons (Fsp3) is 0.417. The van der Waals surface area contributed by atoms with Gasteiger partial charge in [0.2, 0.25) is 0 Å². The third kappa shape index (κ3) is 3.55. The summed E-state index contributed by atoms with van der Waals surface area (Å²) < 4.78 is 12.9. The topological polar surface area (TPSA) is 35.8 Å². The normalized spacial score (nSPS) is 19.6. The number of thioether (sulfide) groups is 2. The average molecular weight is 268 g/mol. The number of halogens is 1. The Morgan fingerprint density at radius 1 is 1.47 bits per heavy atom. The number of hydrogen-bond acceptors (Lipinski definition) is 4. The molecule has 0 radical (unpaired) electrons. The van der Waals surface area contributed by atoms with Crippen molar-refractivity contribution < 1.29 is 4.39 Å². The molecule has 1 aromatic carbocycles. The second-order valence-electron chi connectivity index (χ2n) is 3.75. The smallest absolute Gasteiger partial charge is 0.124 e. The first kappa shape index (κ1) is 12.6. The molecule has 2 rings (SSSR count). The molecule has 1 saturated heterocycles. The van der Waals surface area contributed by atoms with Crippen molar-refractivity contribution in [2.24, 2.45) is 0 Å². The van der Waals surface area contributed by atoms with Crippen molar-refractivity contribution in [1.29, 1.82) is 5.26 Å². The molecule has 1 fully saturated rings. The number of anilines is 1. The van der Waals surface area contributed by atoms with E-state index in [0.717, 1.165) is 18.0 Å². The third-order valence-electron chi connectivity index (χ3n) is 2.51. The van der Waals surface area contributed by atoms with Gasteiger partial charge in [-0.1, -0.05) is 0 Å². The summed E-state index contributed by atoms with van der Waals surface area (Å²) in [4.78, 5) is 0. The summed E-state index contributed by atoms with van der Waals surface area (Å²) in [6, 6.07) is 6.29. The lowest BCUT2D eigenvalue weighted by Gasteiger charge is -2.21. The van der Waals surface area contributed by atoms with Crippen LogP contribution in [0.15, 0.2) is 18.2 Å². The summed E-state index contributed by atoms with van der Waals surface area (Å²) >= 11 is 3.92. The van der Waals surface area contributed by atoms with E-state index in [1.54, 1.807) is 6.07 Å². The molecule has 1 aliphatic heterocycles. The van der Waals surface area contributed by atoms with E-state index < -0.39 is 0 Å². The van der Waals surface area contributed by atoms with Gasteiger partial charge in [0.15, 0.2) is 0 Å². The first-order valence-corrected chi connectivity index (χ1v) is 7.63. The molecule has 1 atom stereocenters. The van der Waals surface area contributed by atoms with Gasteiger partial charge in [0.25, 0.3) is 0 Å². The molecule has 0 saturated carbocycles. The maximum absolute atomic E-state index is 12.9. The Hall–Kier alpha value is -0.860. The molecule has 1 unspecified atom stereocenters. The van der Waals surface area contributed by atoms with Gasteiger partial charge in [-0.3, -0.25) is 0 Å². The van der Waals surface area contributed by atoms with E-state index in [9.17, 15) is 4.39 Å². The Morgan fingerprint density at radius 3 is 3.06 bits per heavy atom. The predicted molar refractivity (Wildman–Crippen MR) is 73.2 cm³/mol. The van der Waals surface area contributed by atoms with Crippen molar-refractivity contribution in [2.45, 2.75) is 5.25 Å². The van der Waals surface area contributed by atoms with Gasteiger partial charge in [0, 0.05) is 29.1 Å². The summed E-state index contributed by atoms with van der Waals surface area (Å²) in [7, 11) is 0. The van der Waals surface area contributed by atoms with Crippen molar-refractivity contribution in [3.05, 3.63) is 29.6 Å². The summed E-state index contributed by atoms with van der Waals surface area (Å²) in [6.07, 6.45) is 0. The highest BCUT2D eigenvalue weighted by atomic mass is 32.2. The molecule has 1 aromatic rings. The molecule has 0 amide bonds. The SMILES string of the molecule is N#Cc1cc(F)ccc1NCC1CSCCS1. The highest BCUT2D eigenvalue weighted by molar-refractivity contribution is 8.06. The fourth-order valence-electron chi connectivity index (χ4n) is 1.64. The summed E-state index contributed by atoms with van der Waals surface area (Å²) in [5.74, 6) is 3.18. The molecule has 0 bridgehead atoms. The average Bonchev–Trinajstić information content (AvgIpc) is 2.38. The first-order chi connectivity index (χ1) is 8.29. The number of nitrogens with one attached hydrogen (secondary N) is 1. The minimum absolute atomic E-state index is 0.366. The van der Waals surface area contributed by atoms with E-state index >= 15 is 0 Å². The molecule has 0 aromatic heterocycles. The van der Waals surface area contributed by atoms with Crippen molar-refractivity contribution in [1.82, 2.24) is 0 Å². The van der Waals surface area contributed by atoms with Crippen LogP contribution in [-0.2, 0) is 0 Å². The van der Waals surface area contributed by atoms with Crippen LogP contribution >= 0.6 is 23.5 Å². The van der Waals surface area contributed by atoms with Crippen molar-refractivity contribution in [3.63, 3.8) is 0 Å². The largest absolute Gasteiger partial charge is 0.383 e. The molecule has 0 aliphatic carbocycles. The molecule has 90 valence electrons. The van der Waals surface area contributed by atoms with Gasteiger partial charge in [0.05, 0.1) is 11.3 Å². The summed E-state index contributed by atoms with van der Waals surface area (Å²) in [5.41, 5.74) is 1.10. The Kier molecular flexibility index (Phi) is 4.57. The van der Waals surface area contributed by atoms with Crippen molar-refractivity contribution in [3.8, 4) is 6.07 Å². The minimum Gasteiger partial charge on any atom is -0.383 e. The molecule has 5 heteroatoms. The zero-order chi connectivity index (χ0) is 12.1. The highest BCUT2D eigenvalue weighted by Gasteiger charge is 2.14. The third-order valence-corrected chi connectivity index (χ3v) is 5.35. The summed E-state index contributed by atoms with van der Waals surface area (Å²) in [6.45, 7) is 0.831. The van der Waals surface area contributed by atoms with Crippen LogP contribution in [0.5, 0.6) is 0 Å². The van der Waals surface area contributed by atoms with Gasteiger partial charge in [0.1, 0.15) is 11.9 Å². The van der Waals surface area contributed by atoms with Gasteiger partial charge >= 0.3 is 0 Å². The van der Waals surface area contributed by atoms with E-state index in [-0.39, 0.29) is 5.82 Å². The molecular weight excluding hydrogens is 255 g/mol. The lowest BCUT2D eigenvalue weighted by Crippen LogP contribution is -2.23. The maximum Gasteiger partial charge on any atom is 0.124 e. The molecule has 1 N–H and O–H groups in total. The number of rotatable bonds is 3. The van der Waals surface area contributed by atoms with Crippen LogP contribution in [-0.4, -0.2) is 29.1 Å². The van der Waals surface area contributed by atoms with Crippen molar-refractivity contribution >= 4 is 29.2 Å². The zero-order valence-corrected chi connectivity index (χ0v) is 10.9. The van der Waals surface area contributed by atoms with Gasteiger partial charge in [-0.2, -0.15) is 28.8 Å². The Bertz CT molecular complexity index is 425. The van der Waals surface area contributed by atoms with E-state index in [4.69, 9.17) is 5.26 Å². The van der Waals surface area contributed by atoms with Gasteiger partial charge in [-0.15, -0.1) is 0 Å². The van der Waals surface area contributed by atoms with Crippen LogP contribution in [0, 0.1) is 17.1 Å². The second-order valence-corrected chi connectivity index (χ2v) is 6.31. The van der Waals surface area contributed by atoms with Gasteiger partial charge < -0.3 is 5.32 Å². The molecule has 1 aliphatic rings. The first-order valence-electron chi connectivity index (χ1n) is 5.42. The second kappa shape index (κ2) is 6.18. The number of benzene rings is 1. The molecule has 0 spiro atoms. The van der Waals surface area contributed by atoms with Crippen molar-refractivity contribution in [2.75, 3.05) is 29.1 Å². The molecule has 17 heavy (non-hydrogen) atoms. The van der Waals surface area contributed by atoms with Crippen LogP contribution in [0.3, 0.4) is 0 Å².